The Morgan fingerprint density at radius 2 is 1.90 bits per heavy atom. The van der Waals surface area contributed by atoms with E-state index in [0.29, 0.717) is 5.00 Å². The molecule has 1 amide bonds. The molecule has 1 heterocycles. The van der Waals surface area contributed by atoms with Gasteiger partial charge in [0.2, 0.25) is 0 Å². The highest BCUT2D eigenvalue weighted by Crippen LogP contribution is 2.35. The third-order valence-corrected chi connectivity index (χ3v) is 3.95. The fraction of sp³-hybridized carbons (Fsp3) is 0.500. The molecule has 1 aromatic rings. The Bertz CT molecular complexity index is 541. The molecular formula is C12H16F3N3O2S. The quantitative estimate of drug-likeness (QED) is 0.531. The van der Waals surface area contributed by atoms with Crippen molar-refractivity contribution >= 4 is 33.7 Å². The lowest BCUT2D eigenvalue weighted by molar-refractivity contribution is -0.135. The molecule has 0 radical (unpaired) electrons. The van der Waals surface area contributed by atoms with Crippen molar-refractivity contribution in [2.75, 3.05) is 17.6 Å². The van der Waals surface area contributed by atoms with Crippen molar-refractivity contribution in [1.82, 2.24) is 0 Å². The van der Waals surface area contributed by atoms with E-state index in [1.807, 2.05) is 0 Å². The molecule has 0 saturated heterocycles. The van der Waals surface area contributed by atoms with E-state index in [2.05, 4.69) is 5.32 Å². The number of rotatable bonds is 7. The molecule has 0 fully saturated rings. The van der Waals surface area contributed by atoms with Gasteiger partial charge in [-0.3, -0.25) is 9.59 Å². The van der Waals surface area contributed by atoms with Crippen molar-refractivity contribution in [2.24, 2.45) is 5.73 Å². The Morgan fingerprint density at radius 1 is 1.29 bits per heavy atom. The van der Waals surface area contributed by atoms with Crippen molar-refractivity contribution in [3.05, 3.63) is 10.4 Å². The normalized spacial score (nSPS) is 11.4. The molecule has 9 heteroatoms. The maximum Gasteiger partial charge on any atom is 0.389 e. The second kappa shape index (κ2) is 6.79. The standard InChI is InChI=1S/C12H16F3N3O2S/c1-6(19)9-8(16)7(10(17)20)11(21-9)18-5-3-2-4-12(13,14)15/h18H,2-5,16H2,1H3,(H2,17,20). The van der Waals surface area contributed by atoms with Gasteiger partial charge in [0, 0.05) is 19.9 Å². The highest BCUT2D eigenvalue weighted by atomic mass is 32.1. The van der Waals surface area contributed by atoms with Crippen molar-refractivity contribution < 1.29 is 22.8 Å². The zero-order chi connectivity index (χ0) is 16.2. The summed E-state index contributed by atoms with van der Waals surface area (Å²) in [6.07, 6.45) is -4.79. The number of alkyl halides is 3. The first kappa shape index (κ1) is 17.3. The summed E-state index contributed by atoms with van der Waals surface area (Å²) in [4.78, 5) is 22.9. The summed E-state index contributed by atoms with van der Waals surface area (Å²) in [6, 6.07) is 0. The molecule has 0 aromatic carbocycles. The molecule has 21 heavy (non-hydrogen) atoms. The zero-order valence-electron chi connectivity index (χ0n) is 11.3. The number of ketones is 1. The largest absolute Gasteiger partial charge is 0.397 e. The van der Waals surface area contributed by atoms with E-state index >= 15 is 0 Å². The van der Waals surface area contributed by atoms with Crippen LogP contribution in [0.5, 0.6) is 0 Å². The SMILES string of the molecule is CC(=O)c1sc(NCCCCC(F)(F)F)c(C(N)=O)c1N. The molecule has 0 atom stereocenters. The Morgan fingerprint density at radius 3 is 2.38 bits per heavy atom. The number of hydrogen-bond acceptors (Lipinski definition) is 5. The van der Waals surface area contributed by atoms with Crippen LogP contribution in [0.15, 0.2) is 0 Å². The monoisotopic (exact) mass is 323 g/mol. The lowest BCUT2D eigenvalue weighted by Gasteiger charge is -2.07. The van der Waals surface area contributed by atoms with Gasteiger partial charge >= 0.3 is 6.18 Å². The summed E-state index contributed by atoms with van der Waals surface area (Å²) < 4.78 is 36.0. The summed E-state index contributed by atoms with van der Waals surface area (Å²) in [5, 5.41) is 3.13. The van der Waals surface area contributed by atoms with E-state index in [0.717, 1.165) is 11.3 Å². The molecule has 5 nitrogen and oxygen atoms in total. The highest BCUT2D eigenvalue weighted by molar-refractivity contribution is 7.19. The topological polar surface area (TPSA) is 98.2 Å². The van der Waals surface area contributed by atoms with Crippen LogP contribution >= 0.6 is 11.3 Å². The molecule has 1 aromatic heterocycles. The van der Waals surface area contributed by atoms with Crippen molar-refractivity contribution in [2.45, 2.75) is 32.4 Å². The van der Waals surface area contributed by atoms with Gasteiger partial charge in [-0.05, 0) is 12.8 Å². The number of nitrogen functional groups attached to an aromatic ring is 1. The minimum Gasteiger partial charge on any atom is -0.397 e. The minimum absolute atomic E-state index is 0.0118. The third-order valence-electron chi connectivity index (χ3n) is 2.68. The molecule has 0 saturated carbocycles. The molecule has 0 aliphatic rings. The minimum atomic E-state index is -4.17. The first-order chi connectivity index (χ1) is 9.63. The lowest BCUT2D eigenvalue weighted by atomic mass is 10.2. The van der Waals surface area contributed by atoms with Gasteiger partial charge in [-0.15, -0.1) is 11.3 Å². The van der Waals surface area contributed by atoms with Gasteiger partial charge in [-0.1, -0.05) is 0 Å². The number of nitrogens with two attached hydrogens (primary N) is 2. The maximum atomic E-state index is 12.0. The molecule has 0 spiro atoms. The fourth-order valence-corrected chi connectivity index (χ4v) is 2.77. The average molecular weight is 323 g/mol. The summed E-state index contributed by atoms with van der Waals surface area (Å²) in [5.74, 6) is -1.08. The smallest absolute Gasteiger partial charge is 0.389 e. The number of unbranched alkanes of at least 4 members (excludes halogenated alkanes) is 1. The van der Waals surface area contributed by atoms with Crippen LogP contribution in [-0.2, 0) is 0 Å². The number of halogens is 3. The van der Waals surface area contributed by atoms with Gasteiger partial charge in [-0.2, -0.15) is 13.2 Å². The first-order valence-electron chi connectivity index (χ1n) is 6.17. The van der Waals surface area contributed by atoms with Crippen LogP contribution in [0.1, 0.15) is 46.2 Å². The van der Waals surface area contributed by atoms with Crippen LogP contribution in [0.2, 0.25) is 0 Å². The van der Waals surface area contributed by atoms with Gasteiger partial charge in [0.15, 0.2) is 5.78 Å². The second-order valence-electron chi connectivity index (χ2n) is 4.47. The molecular weight excluding hydrogens is 307 g/mol. The maximum absolute atomic E-state index is 12.0. The number of hydrogen-bond donors (Lipinski definition) is 3. The van der Waals surface area contributed by atoms with Gasteiger partial charge in [0.05, 0.1) is 16.1 Å². The van der Waals surface area contributed by atoms with Crippen molar-refractivity contribution in [3.63, 3.8) is 0 Å². The predicted molar refractivity (Wildman–Crippen MR) is 75.6 cm³/mol. The van der Waals surface area contributed by atoms with Gasteiger partial charge in [0.25, 0.3) is 5.91 Å². The van der Waals surface area contributed by atoms with Crippen LogP contribution < -0.4 is 16.8 Å². The van der Waals surface area contributed by atoms with E-state index in [1.54, 1.807) is 0 Å². The van der Waals surface area contributed by atoms with E-state index in [1.165, 1.54) is 6.92 Å². The summed E-state index contributed by atoms with van der Waals surface area (Å²) in [6.45, 7) is 1.54. The number of carbonyl (C=O) groups is 2. The number of thiophene rings is 1. The van der Waals surface area contributed by atoms with Gasteiger partial charge < -0.3 is 16.8 Å². The third kappa shape index (κ3) is 4.92. The van der Waals surface area contributed by atoms with E-state index in [4.69, 9.17) is 11.5 Å². The Hall–Kier alpha value is -1.77. The number of nitrogens with one attached hydrogen (secondary N) is 1. The number of carbonyl (C=O) groups excluding carboxylic acids is 2. The van der Waals surface area contributed by atoms with Crippen LogP contribution in [0.4, 0.5) is 23.9 Å². The molecule has 5 N–H and O–H groups in total. The first-order valence-corrected chi connectivity index (χ1v) is 6.98. The van der Waals surface area contributed by atoms with E-state index < -0.39 is 18.5 Å². The molecule has 118 valence electrons. The van der Waals surface area contributed by atoms with E-state index in [-0.39, 0.29) is 41.3 Å². The van der Waals surface area contributed by atoms with Crippen LogP contribution in [0.25, 0.3) is 0 Å². The molecule has 0 bridgehead atoms. The van der Waals surface area contributed by atoms with Gasteiger partial charge in [-0.25, -0.2) is 0 Å². The highest BCUT2D eigenvalue weighted by Gasteiger charge is 2.26. The Labute approximate surface area is 123 Å². The average Bonchev–Trinajstić information content (AvgIpc) is 2.64. The number of anilines is 2. The number of primary amides is 1. The van der Waals surface area contributed by atoms with Crippen LogP contribution in [0, 0.1) is 0 Å². The molecule has 0 aliphatic heterocycles. The zero-order valence-corrected chi connectivity index (χ0v) is 12.2. The predicted octanol–water partition coefficient (Wildman–Crippen LogP) is 2.78. The van der Waals surface area contributed by atoms with E-state index in [9.17, 15) is 22.8 Å². The van der Waals surface area contributed by atoms with Crippen LogP contribution in [-0.4, -0.2) is 24.4 Å². The summed E-state index contributed by atoms with van der Waals surface area (Å²) in [7, 11) is 0. The fourth-order valence-electron chi connectivity index (χ4n) is 1.73. The Kier molecular flexibility index (Phi) is 5.59. The van der Waals surface area contributed by atoms with Crippen molar-refractivity contribution in [1.29, 1.82) is 0 Å². The molecule has 0 aliphatic carbocycles. The summed E-state index contributed by atoms with van der Waals surface area (Å²) in [5.41, 5.74) is 10.9. The number of amides is 1. The van der Waals surface area contributed by atoms with Crippen molar-refractivity contribution in [3.8, 4) is 0 Å². The summed E-state index contributed by atoms with van der Waals surface area (Å²) >= 11 is 0.977. The molecule has 1 rings (SSSR count). The number of Topliss-reactive ketones (excluding diaryl/α,β-unsaturated/α-hetero) is 1. The second-order valence-corrected chi connectivity index (χ2v) is 5.49. The molecule has 0 unspecified atom stereocenters. The lowest BCUT2D eigenvalue weighted by Crippen LogP contribution is -2.15. The van der Waals surface area contributed by atoms with Gasteiger partial charge in [0.1, 0.15) is 5.00 Å². The van der Waals surface area contributed by atoms with Crippen LogP contribution in [0.3, 0.4) is 0 Å². The Balaban J connectivity index is 2.69.